The molecule has 4 nitrogen and oxygen atoms in total. The van der Waals surface area contributed by atoms with Crippen LogP contribution in [0, 0.1) is 5.92 Å². The molecule has 0 saturated carbocycles. The van der Waals surface area contributed by atoms with Crippen LogP contribution in [0.1, 0.15) is 52.8 Å². The van der Waals surface area contributed by atoms with Gasteiger partial charge in [0.15, 0.2) is 0 Å². The summed E-state index contributed by atoms with van der Waals surface area (Å²) in [4.78, 5) is 25.8. The first-order valence-corrected chi connectivity index (χ1v) is 8.04. The summed E-state index contributed by atoms with van der Waals surface area (Å²) in [7, 11) is 0. The molecule has 2 aliphatic heterocycles. The number of halogens is 3. The van der Waals surface area contributed by atoms with Crippen LogP contribution in [0.5, 0.6) is 0 Å². The standard InChI is InChI=1S/C17H19F3N2O2/c18-17(19,20)9-10-6-13-4-5-14(7-10)22(13)16(24)12-3-1-2-11(8-12)15(21)23/h1-3,8,10,13-14H,4-7,9H2,(H2,21,23). The number of hydrogen-bond donors (Lipinski definition) is 1. The van der Waals surface area contributed by atoms with Crippen LogP contribution in [0.3, 0.4) is 0 Å². The molecule has 24 heavy (non-hydrogen) atoms. The number of primary amides is 1. The summed E-state index contributed by atoms with van der Waals surface area (Å²) in [5, 5.41) is 0. The van der Waals surface area contributed by atoms with Crippen LogP contribution in [0.15, 0.2) is 24.3 Å². The highest BCUT2D eigenvalue weighted by molar-refractivity contribution is 5.99. The third-order valence-corrected chi connectivity index (χ3v) is 4.98. The monoisotopic (exact) mass is 340 g/mol. The summed E-state index contributed by atoms with van der Waals surface area (Å²) in [6.07, 6.45) is -2.69. The Labute approximate surface area is 137 Å². The zero-order chi connectivity index (χ0) is 17.5. The van der Waals surface area contributed by atoms with Gasteiger partial charge in [-0.3, -0.25) is 9.59 Å². The van der Waals surface area contributed by atoms with Crippen molar-refractivity contribution in [2.75, 3.05) is 0 Å². The van der Waals surface area contributed by atoms with Crippen LogP contribution >= 0.6 is 0 Å². The van der Waals surface area contributed by atoms with Crippen LogP contribution in [0.2, 0.25) is 0 Å². The first-order valence-electron chi connectivity index (χ1n) is 8.04. The van der Waals surface area contributed by atoms with Gasteiger partial charge >= 0.3 is 6.18 Å². The second kappa shape index (κ2) is 6.11. The quantitative estimate of drug-likeness (QED) is 0.919. The van der Waals surface area contributed by atoms with Crippen molar-refractivity contribution in [2.45, 2.75) is 50.4 Å². The average Bonchev–Trinajstić information content (AvgIpc) is 2.76. The van der Waals surface area contributed by atoms with Gasteiger partial charge in [-0.15, -0.1) is 0 Å². The summed E-state index contributed by atoms with van der Waals surface area (Å²) >= 11 is 0. The van der Waals surface area contributed by atoms with E-state index in [0.29, 0.717) is 18.4 Å². The van der Waals surface area contributed by atoms with Gasteiger partial charge in [0.1, 0.15) is 0 Å². The van der Waals surface area contributed by atoms with E-state index in [1.165, 1.54) is 12.1 Å². The predicted molar refractivity (Wildman–Crippen MR) is 81.3 cm³/mol. The number of piperidine rings is 1. The van der Waals surface area contributed by atoms with Gasteiger partial charge in [0.05, 0.1) is 0 Å². The maximum atomic E-state index is 12.8. The van der Waals surface area contributed by atoms with Gasteiger partial charge in [0.2, 0.25) is 5.91 Å². The Bertz CT molecular complexity index is 645. The minimum Gasteiger partial charge on any atom is -0.366 e. The second-order valence-corrected chi connectivity index (χ2v) is 6.70. The number of hydrogen-bond acceptors (Lipinski definition) is 2. The van der Waals surface area contributed by atoms with Gasteiger partial charge in [-0.25, -0.2) is 0 Å². The summed E-state index contributed by atoms with van der Waals surface area (Å²) < 4.78 is 37.9. The van der Waals surface area contributed by atoms with Crippen molar-refractivity contribution in [2.24, 2.45) is 11.7 Å². The zero-order valence-electron chi connectivity index (χ0n) is 13.1. The Hall–Kier alpha value is -2.05. The highest BCUT2D eigenvalue weighted by atomic mass is 19.4. The molecule has 2 unspecified atom stereocenters. The van der Waals surface area contributed by atoms with Crippen molar-refractivity contribution in [3.05, 3.63) is 35.4 Å². The lowest BCUT2D eigenvalue weighted by atomic mass is 9.87. The lowest BCUT2D eigenvalue weighted by Gasteiger charge is -2.39. The highest BCUT2D eigenvalue weighted by Crippen LogP contribution is 2.43. The molecule has 7 heteroatoms. The summed E-state index contributed by atoms with van der Waals surface area (Å²) in [5.41, 5.74) is 5.84. The smallest absolute Gasteiger partial charge is 0.366 e. The van der Waals surface area contributed by atoms with Gasteiger partial charge < -0.3 is 10.6 Å². The predicted octanol–water partition coefficient (Wildman–Crippen LogP) is 3.12. The van der Waals surface area contributed by atoms with Crippen LogP contribution in [0.25, 0.3) is 0 Å². The Balaban J connectivity index is 1.76. The van der Waals surface area contributed by atoms with Crippen molar-refractivity contribution in [1.82, 2.24) is 4.90 Å². The number of rotatable bonds is 3. The molecule has 130 valence electrons. The highest BCUT2D eigenvalue weighted by Gasteiger charge is 2.46. The zero-order valence-corrected chi connectivity index (χ0v) is 13.1. The molecule has 2 heterocycles. The van der Waals surface area contributed by atoms with E-state index in [9.17, 15) is 22.8 Å². The van der Waals surface area contributed by atoms with Crippen LogP contribution in [0.4, 0.5) is 13.2 Å². The van der Waals surface area contributed by atoms with Gasteiger partial charge in [-0.1, -0.05) is 6.07 Å². The summed E-state index contributed by atoms with van der Waals surface area (Å²) in [5.74, 6) is -1.25. The molecular formula is C17H19F3N2O2. The van der Waals surface area contributed by atoms with Crippen molar-refractivity contribution < 1.29 is 22.8 Å². The van der Waals surface area contributed by atoms with Gasteiger partial charge in [-0.05, 0) is 49.8 Å². The summed E-state index contributed by atoms with van der Waals surface area (Å²) in [6.45, 7) is 0. The van der Waals surface area contributed by atoms with Crippen molar-refractivity contribution >= 4 is 11.8 Å². The Morgan fingerprint density at radius 2 is 1.71 bits per heavy atom. The number of carbonyl (C=O) groups excluding carboxylic acids is 2. The van der Waals surface area contributed by atoms with Gasteiger partial charge in [0.25, 0.3) is 5.91 Å². The van der Waals surface area contributed by atoms with E-state index in [4.69, 9.17) is 5.73 Å². The molecule has 0 aromatic heterocycles. The molecule has 2 fully saturated rings. The first-order chi connectivity index (χ1) is 11.2. The van der Waals surface area contributed by atoms with Crippen LogP contribution in [-0.2, 0) is 0 Å². The molecular weight excluding hydrogens is 321 g/mol. The molecule has 0 radical (unpaired) electrons. The SMILES string of the molecule is NC(=O)c1cccc(C(=O)N2C3CCC2CC(CC(F)(F)F)C3)c1. The molecule has 2 bridgehead atoms. The fourth-order valence-electron chi connectivity index (χ4n) is 4.07. The largest absolute Gasteiger partial charge is 0.389 e. The maximum Gasteiger partial charge on any atom is 0.389 e. The van der Waals surface area contributed by atoms with Gasteiger partial charge in [-0.2, -0.15) is 13.2 Å². The summed E-state index contributed by atoms with van der Waals surface area (Å²) in [6, 6.07) is 5.87. The molecule has 2 aliphatic rings. The number of amides is 2. The van der Waals surface area contributed by atoms with E-state index >= 15 is 0 Å². The first kappa shape index (κ1) is 16.8. The third kappa shape index (κ3) is 3.39. The molecule has 1 aromatic rings. The Kier molecular flexibility index (Phi) is 4.27. The van der Waals surface area contributed by atoms with Gasteiger partial charge in [0, 0.05) is 29.6 Å². The number of carbonyl (C=O) groups is 2. The number of nitrogens with zero attached hydrogens (tertiary/aromatic N) is 1. The van der Waals surface area contributed by atoms with E-state index in [1.807, 2.05) is 0 Å². The third-order valence-electron chi connectivity index (χ3n) is 4.98. The van der Waals surface area contributed by atoms with Crippen molar-refractivity contribution in [3.8, 4) is 0 Å². The molecule has 0 spiro atoms. The number of benzene rings is 1. The van der Waals surface area contributed by atoms with E-state index < -0.39 is 24.4 Å². The van der Waals surface area contributed by atoms with E-state index in [0.717, 1.165) is 12.8 Å². The lowest BCUT2D eigenvalue weighted by Crippen LogP contribution is -2.47. The molecule has 0 aliphatic carbocycles. The van der Waals surface area contributed by atoms with Crippen LogP contribution in [-0.4, -0.2) is 35.0 Å². The van der Waals surface area contributed by atoms with Crippen LogP contribution < -0.4 is 5.73 Å². The van der Waals surface area contributed by atoms with E-state index in [2.05, 4.69) is 0 Å². The molecule has 3 rings (SSSR count). The Morgan fingerprint density at radius 3 is 2.25 bits per heavy atom. The lowest BCUT2D eigenvalue weighted by molar-refractivity contribution is -0.148. The van der Waals surface area contributed by atoms with E-state index in [1.54, 1.807) is 17.0 Å². The average molecular weight is 340 g/mol. The Morgan fingerprint density at radius 1 is 1.12 bits per heavy atom. The minimum atomic E-state index is -4.16. The van der Waals surface area contributed by atoms with E-state index in [-0.39, 0.29) is 23.6 Å². The molecule has 2 amide bonds. The number of fused-ring (bicyclic) bond motifs is 2. The fourth-order valence-corrected chi connectivity index (χ4v) is 4.07. The molecule has 2 atom stereocenters. The van der Waals surface area contributed by atoms with Crippen molar-refractivity contribution in [1.29, 1.82) is 0 Å². The molecule has 2 saturated heterocycles. The molecule has 2 N–H and O–H groups in total. The maximum absolute atomic E-state index is 12.8. The minimum absolute atomic E-state index is 0.152. The normalized spacial score (nSPS) is 26.5. The number of alkyl halides is 3. The fraction of sp³-hybridized carbons (Fsp3) is 0.529. The number of nitrogens with two attached hydrogens (primary N) is 1. The molecule has 1 aromatic carbocycles. The topological polar surface area (TPSA) is 63.4 Å². The van der Waals surface area contributed by atoms with Crippen molar-refractivity contribution in [3.63, 3.8) is 0 Å². The second-order valence-electron chi connectivity index (χ2n) is 6.70.